The van der Waals surface area contributed by atoms with Crippen LogP contribution in [0, 0.1) is 0 Å². The first-order valence-corrected chi connectivity index (χ1v) is 4.98. The second-order valence-corrected chi connectivity index (χ2v) is 3.41. The van der Waals surface area contributed by atoms with Crippen LogP contribution in [-0.4, -0.2) is 45.4 Å². The molecule has 13 heavy (non-hydrogen) atoms. The maximum Gasteiger partial charge on any atom is 0.185 e. The number of aromatic nitrogens is 3. The molecule has 0 aliphatic heterocycles. The number of ether oxygens (including phenoxy) is 1. The lowest BCUT2D eigenvalue weighted by atomic mass is 10.7. The maximum absolute atomic E-state index is 8.44. The first kappa shape index (κ1) is 10.5. The maximum atomic E-state index is 8.44. The van der Waals surface area contributed by atoms with Crippen LogP contribution in [0.5, 0.6) is 0 Å². The number of aliphatic hydroxyl groups is 1. The number of hydrogen-bond donors (Lipinski definition) is 1. The number of nitrogens with zero attached hydrogens (tertiary/aromatic N) is 3. The molecule has 1 N–H and O–H groups in total. The van der Waals surface area contributed by atoms with E-state index < -0.39 is 0 Å². The van der Waals surface area contributed by atoms with Crippen molar-refractivity contribution in [1.29, 1.82) is 0 Å². The summed E-state index contributed by atoms with van der Waals surface area (Å²) in [5.74, 6) is 0.826. The monoisotopic (exact) mass is 203 g/mol. The van der Waals surface area contributed by atoms with Gasteiger partial charge in [0.05, 0.1) is 19.8 Å². The van der Waals surface area contributed by atoms with Gasteiger partial charge in [-0.25, -0.2) is 9.67 Å². The summed E-state index contributed by atoms with van der Waals surface area (Å²) in [6.45, 7) is 1.10. The van der Waals surface area contributed by atoms with Gasteiger partial charge < -0.3 is 9.84 Å². The third-order valence-electron chi connectivity index (χ3n) is 1.36. The third kappa shape index (κ3) is 3.75. The summed E-state index contributed by atoms with van der Waals surface area (Å²) < 4.78 is 6.81. The van der Waals surface area contributed by atoms with Gasteiger partial charge in [0.1, 0.15) is 6.33 Å². The van der Waals surface area contributed by atoms with Crippen LogP contribution in [0.4, 0.5) is 0 Å². The van der Waals surface area contributed by atoms with Gasteiger partial charge in [-0.05, 0) is 0 Å². The van der Waals surface area contributed by atoms with Crippen LogP contribution in [-0.2, 0) is 11.8 Å². The van der Waals surface area contributed by atoms with Gasteiger partial charge in [-0.15, -0.1) is 0 Å². The van der Waals surface area contributed by atoms with E-state index in [2.05, 4.69) is 10.1 Å². The number of hydrogen-bond acceptors (Lipinski definition) is 5. The molecule has 0 aliphatic rings. The summed E-state index contributed by atoms with van der Waals surface area (Å²) in [6, 6.07) is 0. The Hall–Kier alpha value is -0.590. The Bertz CT molecular complexity index is 241. The van der Waals surface area contributed by atoms with E-state index in [-0.39, 0.29) is 6.61 Å². The Morgan fingerprint density at radius 1 is 1.62 bits per heavy atom. The summed E-state index contributed by atoms with van der Waals surface area (Å²) in [4.78, 5) is 4.04. The minimum absolute atomic E-state index is 0.0780. The Morgan fingerprint density at radius 2 is 2.46 bits per heavy atom. The molecule has 1 aromatic rings. The first-order chi connectivity index (χ1) is 6.34. The fourth-order valence-corrected chi connectivity index (χ4v) is 1.51. The summed E-state index contributed by atoms with van der Waals surface area (Å²) >= 11 is 1.59. The van der Waals surface area contributed by atoms with Crippen LogP contribution in [0.2, 0.25) is 0 Å². The van der Waals surface area contributed by atoms with Gasteiger partial charge in [-0.3, -0.25) is 0 Å². The van der Waals surface area contributed by atoms with Crippen LogP contribution in [0.15, 0.2) is 11.5 Å². The van der Waals surface area contributed by atoms with Crippen molar-refractivity contribution in [3.8, 4) is 0 Å². The van der Waals surface area contributed by atoms with E-state index >= 15 is 0 Å². The normalized spacial score (nSPS) is 10.6. The number of aliphatic hydroxyl groups excluding tert-OH is 1. The Balaban J connectivity index is 2.10. The standard InChI is InChI=1S/C7H13N3O2S/c1-10-7(8-6-9-10)13-5-4-12-3-2-11/h6,11H,2-5H2,1H3. The fourth-order valence-electron chi connectivity index (χ4n) is 0.775. The molecule has 74 valence electrons. The Morgan fingerprint density at radius 3 is 3.08 bits per heavy atom. The SMILES string of the molecule is Cn1ncnc1SCCOCCO. The van der Waals surface area contributed by atoms with Crippen molar-refractivity contribution in [3.63, 3.8) is 0 Å². The van der Waals surface area contributed by atoms with Crippen LogP contribution in [0.3, 0.4) is 0 Å². The molecule has 0 spiro atoms. The van der Waals surface area contributed by atoms with E-state index in [1.807, 2.05) is 7.05 Å². The molecule has 0 bridgehead atoms. The van der Waals surface area contributed by atoms with Gasteiger partial charge in [0.25, 0.3) is 0 Å². The van der Waals surface area contributed by atoms with Crippen molar-refractivity contribution in [2.75, 3.05) is 25.6 Å². The quantitative estimate of drug-likeness (QED) is 0.517. The lowest BCUT2D eigenvalue weighted by Crippen LogP contribution is -2.03. The molecule has 0 atom stereocenters. The second-order valence-electron chi connectivity index (χ2n) is 2.35. The number of thioether (sulfide) groups is 1. The van der Waals surface area contributed by atoms with Crippen molar-refractivity contribution >= 4 is 11.8 Å². The average molecular weight is 203 g/mol. The fraction of sp³-hybridized carbons (Fsp3) is 0.714. The molecular weight excluding hydrogens is 190 g/mol. The average Bonchev–Trinajstić information content (AvgIpc) is 2.52. The minimum Gasteiger partial charge on any atom is -0.394 e. The summed E-state index contributed by atoms with van der Waals surface area (Å²) in [7, 11) is 1.85. The number of aryl methyl sites for hydroxylation is 1. The van der Waals surface area contributed by atoms with Crippen molar-refractivity contribution < 1.29 is 9.84 Å². The van der Waals surface area contributed by atoms with E-state index in [0.29, 0.717) is 13.2 Å². The van der Waals surface area contributed by atoms with Gasteiger partial charge in [-0.2, -0.15) is 5.10 Å². The van der Waals surface area contributed by atoms with Crippen molar-refractivity contribution in [2.45, 2.75) is 5.16 Å². The second kappa shape index (κ2) is 5.95. The highest BCUT2D eigenvalue weighted by Gasteiger charge is 1.99. The molecule has 1 rings (SSSR count). The highest BCUT2D eigenvalue weighted by Crippen LogP contribution is 2.11. The smallest absolute Gasteiger partial charge is 0.185 e. The molecule has 0 amide bonds. The summed E-state index contributed by atoms with van der Waals surface area (Å²) in [6.07, 6.45) is 1.52. The zero-order valence-corrected chi connectivity index (χ0v) is 8.33. The first-order valence-electron chi connectivity index (χ1n) is 4.00. The van der Waals surface area contributed by atoms with E-state index in [9.17, 15) is 0 Å². The van der Waals surface area contributed by atoms with Gasteiger partial charge in [0.2, 0.25) is 0 Å². The van der Waals surface area contributed by atoms with Crippen LogP contribution in [0.1, 0.15) is 0 Å². The van der Waals surface area contributed by atoms with E-state index in [0.717, 1.165) is 10.9 Å². The molecule has 6 heteroatoms. The molecule has 0 aliphatic carbocycles. The van der Waals surface area contributed by atoms with Crippen molar-refractivity contribution in [1.82, 2.24) is 14.8 Å². The van der Waals surface area contributed by atoms with Crippen molar-refractivity contribution in [3.05, 3.63) is 6.33 Å². The van der Waals surface area contributed by atoms with Crippen molar-refractivity contribution in [2.24, 2.45) is 7.05 Å². The largest absolute Gasteiger partial charge is 0.394 e. The molecule has 5 nitrogen and oxygen atoms in total. The summed E-state index contributed by atoms with van der Waals surface area (Å²) in [5.41, 5.74) is 0. The van der Waals surface area contributed by atoms with E-state index in [1.165, 1.54) is 6.33 Å². The van der Waals surface area contributed by atoms with Crippen LogP contribution >= 0.6 is 11.8 Å². The molecule has 1 heterocycles. The number of rotatable bonds is 6. The highest BCUT2D eigenvalue weighted by molar-refractivity contribution is 7.99. The van der Waals surface area contributed by atoms with Crippen LogP contribution in [0.25, 0.3) is 0 Å². The van der Waals surface area contributed by atoms with E-state index in [1.54, 1.807) is 16.4 Å². The third-order valence-corrected chi connectivity index (χ3v) is 2.36. The Labute approximate surface area is 81.1 Å². The molecule has 0 radical (unpaired) electrons. The molecular formula is C7H13N3O2S. The highest BCUT2D eigenvalue weighted by atomic mass is 32.2. The molecule has 1 aromatic heterocycles. The zero-order valence-electron chi connectivity index (χ0n) is 7.51. The predicted octanol–water partition coefficient (Wildman–Crippen LogP) is -0.0839. The zero-order chi connectivity index (χ0) is 9.52. The van der Waals surface area contributed by atoms with Gasteiger partial charge >= 0.3 is 0 Å². The predicted molar refractivity (Wildman–Crippen MR) is 49.6 cm³/mol. The lowest BCUT2D eigenvalue weighted by Gasteiger charge is -2.01. The Kier molecular flexibility index (Phi) is 4.81. The van der Waals surface area contributed by atoms with Crippen LogP contribution < -0.4 is 0 Å². The van der Waals surface area contributed by atoms with Gasteiger partial charge in [0, 0.05) is 12.8 Å². The molecule has 0 aromatic carbocycles. The van der Waals surface area contributed by atoms with E-state index in [4.69, 9.17) is 9.84 Å². The van der Waals surface area contributed by atoms with Gasteiger partial charge in [0.15, 0.2) is 5.16 Å². The molecule has 0 saturated heterocycles. The summed E-state index contributed by atoms with van der Waals surface area (Å²) in [5, 5.41) is 13.3. The molecule has 0 saturated carbocycles. The molecule has 0 unspecified atom stereocenters. The van der Waals surface area contributed by atoms with Gasteiger partial charge in [-0.1, -0.05) is 11.8 Å². The topological polar surface area (TPSA) is 60.2 Å². The molecule has 0 fully saturated rings. The minimum atomic E-state index is 0.0780. The lowest BCUT2D eigenvalue weighted by molar-refractivity contribution is 0.103.